The highest BCUT2D eigenvalue weighted by Crippen LogP contribution is 1.98. The number of rotatable bonds is 2. The minimum atomic E-state index is -1.29. The van der Waals surface area contributed by atoms with Gasteiger partial charge in [0.2, 0.25) is 0 Å². The third-order valence-electron chi connectivity index (χ3n) is 1.12. The Morgan fingerprint density at radius 3 is 2.50 bits per heavy atom. The predicted octanol–water partition coefficient (Wildman–Crippen LogP) is 0.278. The predicted molar refractivity (Wildman–Crippen MR) is 37.0 cm³/mol. The van der Waals surface area contributed by atoms with Crippen LogP contribution < -0.4 is 0 Å². The first kappa shape index (κ1) is 8.19. The molecule has 61 valence electrons. The molecular formula is C7H4NO4. The summed E-state index contributed by atoms with van der Waals surface area (Å²) in [6.07, 6.45) is 0. The maximum atomic E-state index is 10.3. The first-order chi connectivity index (χ1) is 5.61. The van der Waals surface area contributed by atoms with Crippen molar-refractivity contribution in [1.82, 2.24) is 4.98 Å². The smallest absolute Gasteiger partial charge is 0.355 e. The van der Waals surface area contributed by atoms with E-state index in [2.05, 4.69) is 11.1 Å². The quantitative estimate of drug-likeness (QED) is 0.658. The van der Waals surface area contributed by atoms with E-state index in [4.69, 9.17) is 10.2 Å². The third kappa shape index (κ3) is 1.57. The lowest BCUT2D eigenvalue weighted by atomic mass is 10.3. The van der Waals surface area contributed by atoms with Gasteiger partial charge in [-0.15, -0.1) is 0 Å². The second-order valence-electron chi connectivity index (χ2n) is 1.93. The molecule has 0 amide bonds. The fourth-order valence-electron chi connectivity index (χ4n) is 0.618. The summed E-state index contributed by atoms with van der Waals surface area (Å²) in [6.45, 7) is 0. The summed E-state index contributed by atoms with van der Waals surface area (Å²) in [4.78, 5) is 23.9. The van der Waals surface area contributed by atoms with Gasteiger partial charge in [-0.3, -0.25) is 0 Å². The van der Waals surface area contributed by atoms with Crippen LogP contribution in [0.25, 0.3) is 0 Å². The highest BCUT2D eigenvalue weighted by Gasteiger charge is 2.09. The summed E-state index contributed by atoms with van der Waals surface area (Å²) in [5.74, 6) is -2.55. The lowest BCUT2D eigenvalue weighted by molar-refractivity contribution is 0.0685. The van der Waals surface area contributed by atoms with Crippen molar-refractivity contribution in [1.29, 1.82) is 0 Å². The van der Waals surface area contributed by atoms with Crippen molar-refractivity contribution in [3.63, 3.8) is 0 Å². The van der Waals surface area contributed by atoms with E-state index in [1.165, 1.54) is 12.1 Å². The molecule has 0 aliphatic heterocycles. The minimum absolute atomic E-state index is 0.300. The number of carboxylic acids is 2. The molecule has 5 nitrogen and oxygen atoms in total. The topological polar surface area (TPSA) is 87.5 Å². The number of hydrogen-bond donors (Lipinski definition) is 2. The van der Waals surface area contributed by atoms with Crippen molar-refractivity contribution < 1.29 is 19.8 Å². The molecule has 1 radical (unpaired) electrons. The van der Waals surface area contributed by atoms with E-state index in [-0.39, 0.29) is 5.69 Å². The summed E-state index contributed by atoms with van der Waals surface area (Å²) in [5, 5.41) is 16.8. The summed E-state index contributed by atoms with van der Waals surface area (Å²) >= 11 is 0. The van der Waals surface area contributed by atoms with Gasteiger partial charge in [-0.1, -0.05) is 0 Å². The highest BCUT2D eigenvalue weighted by molar-refractivity contribution is 5.89. The normalized spacial score (nSPS) is 9.33. The van der Waals surface area contributed by atoms with Gasteiger partial charge in [0.05, 0.1) is 0 Å². The Labute approximate surface area is 67.3 Å². The fourth-order valence-corrected chi connectivity index (χ4v) is 0.618. The van der Waals surface area contributed by atoms with Crippen LogP contribution in [-0.2, 0) is 0 Å². The van der Waals surface area contributed by atoms with Crippen molar-refractivity contribution in [3.05, 3.63) is 29.6 Å². The van der Waals surface area contributed by atoms with Crippen LogP contribution in [-0.4, -0.2) is 27.1 Å². The van der Waals surface area contributed by atoms with Crippen LogP contribution in [0.15, 0.2) is 12.1 Å². The van der Waals surface area contributed by atoms with Gasteiger partial charge in [0.1, 0.15) is 5.69 Å². The summed E-state index contributed by atoms with van der Waals surface area (Å²) in [7, 11) is 0. The van der Waals surface area contributed by atoms with Gasteiger partial charge in [-0.05, 0) is 12.1 Å². The van der Waals surface area contributed by atoms with Crippen LogP contribution in [0.2, 0.25) is 0 Å². The van der Waals surface area contributed by atoms with Crippen LogP contribution >= 0.6 is 0 Å². The summed E-state index contributed by atoms with van der Waals surface area (Å²) < 4.78 is 0. The number of aromatic carboxylic acids is 2. The first-order valence-corrected chi connectivity index (χ1v) is 2.96. The van der Waals surface area contributed by atoms with E-state index in [1.54, 1.807) is 0 Å². The summed E-state index contributed by atoms with van der Waals surface area (Å²) in [5.41, 5.74) is -0.693. The second-order valence-corrected chi connectivity index (χ2v) is 1.93. The van der Waals surface area contributed by atoms with Gasteiger partial charge in [0, 0.05) is 6.07 Å². The average molecular weight is 166 g/mol. The van der Waals surface area contributed by atoms with Gasteiger partial charge in [0.15, 0.2) is 5.69 Å². The largest absolute Gasteiger partial charge is 0.477 e. The lowest BCUT2D eigenvalue weighted by Gasteiger charge is -1.94. The number of carboxylic acid groups (broad SMARTS) is 2. The Hall–Kier alpha value is -1.91. The molecular weight excluding hydrogens is 162 g/mol. The lowest BCUT2D eigenvalue weighted by Crippen LogP contribution is -2.06. The summed E-state index contributed by atoms with van der Waals surface area (Å²) in [6, 6.07) is 4.67. The van der Waals surface area contributed by atoms with Gasteiger partial charge in [-0.25, -0.2) is 14.6 Å². The molecule has 0 spiro atoms. The first-order valence-electron chi connectivity index (χ1n) is 2.96. The van der Waals surface area contributed by atoms with Crippen LogP contribution in [0.5, 0.6) is 0 Å². The van der Waals surface area contributed by atoms with Crippen molar-refractivity contribution >= 4 is 11.9 Å². The van der Waals surface area contributed by atoms with E-state index >= 15 is 0 Å². The molecule has 0 aromatic carbocycles. The molecule has 0 saturated carbocycles. The Balaban J connectivity index is 3.12. The number of pyridine rings is 1. The molecule has 1 rings (SSSR count). The van der Waals surface area contributed by atoms with Crippen LogP contribution in [0, 0.1) is 6.07 Å². The standard InChI is InChI=1S/C7H4NO4/c9-6(10)4-2-1-3-5(8-4)7(11)12/h1-2H,(H,9,10)(H,11,12). The molecule has 1 aromatic rings. The number of carbonyl (C=O) groups is 2. The Morgan fingerprint density at radius 2 is 2.00 bits per heavy atom. The average Bonchev–Trinajstić information content (AvgIpc) is 2.04. The zero-order valence-electron chi connectivity index (χ0n) is 5.81. The van der Waals surface area contributed by atoms with Crippen molar-refractivity contribution in [3.8, 4) is 0 Å². The van der Waals surface area contributed by atoms with Crippen molar-refractivity contribution in [2.24, 2.45) is 0 Å². The van der Waals surface area contributed by atoms with Crippen LogP contribution in [0.3, 0.4) is 0 Å². The molecule has 1 heterocycles. The highest BCUT2D eigenvalue weighted by atomic mass is 16.4. The van der Waals surface area contributed by atoms with Crippen LogP contribution in [0.1, 0.15) is 21.0 Å². The maximum absolute atomic E-state index is 10.3. The molecule has 2 N–H and O–H groups in total. The monoisotopic (exact) mass is 166 g/mol. The molecule has 0 aliphatic rings. The van der Waals surface area contributed by atoms with Gasteiger partial charge in [-0.2, -0.15) is 0 Å². The zero-order valence-corrected chi connectivity index (χ0v) is 5.81. The Kier molecular flexibility index (Phi) is 2.05. The van der Waals surface area contributed by atoms with E-state index in [0.29, 0.717) is 0 Å². The molecule has 0 fully saturated rings. The van der Waals surface area contributed by atoms with E-state index in [1.807, 2.05) is 0 Å². The maximum Gasteiger partial charge on any atom is 0.355 e. The van der Waals surface area contributed by atoms with Gasteiger partial charge >= 0.3 is 11.9 Å². The van der Waals surface area contributed by atoms with Crippen LogP contribution in [0.4, 0.5) is 0 Å². The van der Waals surface area contributed by atoms with Gasteiger partial charge < -0.3 is 10.2 Å². The molecule has 0 unspecified atom stereocenters. The Bertz CT molecular complexity index is 305. The third-order valence-corrected chi connectivity index (χ3v) is 1.12. The van der Waals surface area contributed by atoms with E-state index < -0.39 is 17.6 Å². The fraction of sp³-hybridized carbons (Fsp3) is 0. The molecule has 0 atom stereocenters. The second kappa shape index (κ2) is 3.00. The van der Waals surface area contributed by atoms with Crippen molar-refractivity contribution in [2.45, 2.75) is 0 Å². The SMILES string of the molecule is O=C(O)c1[c]ccc(C(=O)O)n1. The minimum Gasteiger partial charge on any atom is -0.477 e. The molecule has 5 heteroatoms. The molecule has 0 aliphatic carbocycles. The number of nitrogens with zero attached hydrogens (tertiary/aromatic N) is 1. The zero-order chi connectivity index (χ0) is 9.14. The molecule has 12 heavy (non-hydrogen) atoms. The molecule has 0 saturated heterocycles. The van der Waals surface area contributed by atoms with Crippen molar-refractivity contribution in [2.75, 3.05) is 0 Å². The van der Waals surface area contributed by atoms with E-state index in [0.717, 1.165) is 0 Å². The molecule has 0 bridgehead atoms. The molecule has 1 aromatic heterocycles. The van der Waals surface area contributed by atoms with Gasteiger partial charge in [0.25, 0.3) is 0 Å². The number of hydrogen-bond acceptors (Lipinski definition) is 3. The number of aromatic nitrogens is 1. The Morgan fingerprint density at radius 1 is 1.33 bits per heavy atom. The van der Waals surface area contributed by atoms with E-state index in [9.17, 15) is 9.59 Å².